The lowest BCUT2D eigenvalue weighted by molar-refractivity contribution is -0.191. The minimum Gasteiger partial charge on any atom is -0.389 e. The molecule has 1 aliphatic carbocycles. The Balaban J connectivity index is 0.00000107. The van der Waals surface area contributed by atoms with Crippen molar-refractivity contribution in [1.82, 2.24) is 4.90 Å². The second-order valence-corrected chi connectivity index (χ2v) is 10.7. The number of carbonyl (C=O) groups is 1. The molecule has 198 valence electrons. The van der Waals surface area contributed by atoms with Crippen LogP contribution in [0.4, 0.5) is 0 Å². The van der Waals surface area contributed by atoms with E-state index in [2.05, 4.69) is 6.92 Å². The first kappa shape index (κ1) is 28.0. The van der Waals surface area contributed by atoms with Crippen LogP contribution in [0.15, 0.2) is 66.7 Å². The van der Waals surface area contributed by atoms with Gasteiger partial charge in [0.1, 0.15) is 0 Å². The number of fused-ring (bicyclic) bond motifs is 1. The van der Waals surface area contributed by atoms with Gasteiger partial charge in [-0.1, -0.05) is 66.5 Å². The second-order valence-electron chi connectivity index (χ2n) is 9.88. The number of nitrogens with zero attached hydrogens (tertiary/aromatic N) is 1. The van der Waals surface area contributed by atoms with E-state index < -0.39 is 11.8 Å². The average molecular weight is 554 g/mol. The Morgan fingerprint density at radius 1 is 1.00 bits per heavy atom. The maximum Gasteiger partial charge on any atom is 0.373 e. The van der Waals surface area contributed by atoms with Gasteiger partial charge in [-0.25, -0.2) is 0 Å². The predicted octanol–water partition coefficient (Wildman–Crippen LogP) is 6.53. The van der Waals surface area contributed by atoms with Crippen molar-refractivity contribution in [1.29, 1.82) is 0 Å². The van der Waals surface area contributed by atoms with Crippen LogP contribution in [0.3, 0.4) is 0 Å². The quantitative estimate of drug-likeness (QED) is 0.343. The van der Waals surface area contributed by atoms with Crippen LogP contribution in [-0.4, -0.2) is 28.7 Å². The first-order chi connectivity index (χ1) is 18.2. The number of ether oxygens (including phenoxy) is 1. The number of carbonyl (C=O) groups excluding carboxylic acids is 3. The molecular formula is C30H29Cl2NO5. The van der Waals surface area contributed by atoms with E-state index in [9.17, 15) is 9.90 Å². The molecule has 2 atom stereocenters. The number of aliphatic hydroxyl groups excluding tert-OH is 1. The third-order valence-electron chi connectivity index (χ3n) is 7.53. The molecular weight excluding hydrogens is 525 g/mol. The zero-order valence-corrected chi connectivity index (χ0v) is 22.8. The molecule has 8 heteroatoms. The monoisotopic (exact) mass is 553 g/mol. The van der Waals surface area contributed by atoms with Crippen molar-refractivity contribution in [2.24, 2.45) is 5.41 Å². The minimum atomic E-state index is -1.11. The molecule has 1 N–H and O–H groups in total. The van der Waals surface area contributed by atoms with Crippen LogP contribution in [0, 0.1) is 5.41 Å². The first-order valence-corrected chi connectivity index (χ1v) is 13.2. The summed E-state index contributed by atoms with van der Waals surface area (Å²) in [6, 6.07) is 20.7. The molecule has 1 amide bonds. The van der Waals surface area contributed by atoms with Crippen molar-refractivity contribution in [3.05, 3.63) is 105 Å². The summed E-state index contributed by atoms with van der Waals surface area (Å²) in [5, 5.41) is 11.5. The van der Waals surface area contributed by atoms with Crippen LogP contribution in [0.25, 0.3) is 0 Å². The van der Waals surface area contributed by atoms with Gasteiger partial charge in [0, 0.05) is 33.3 Å². The number of amides is 1. The summed E-state index contributed by atoms with van der Waals surface area (Å²) in [4.78, 5) is 32.1. The summed E-state index contributed by atoms with van der Waals surface area (Å²) in [5.41, 5.74) is 2.87. The number of halogens is 2. The molecule has 38 heavy (non-hydrogen) atoms. The van der Waals surface area contributed by atoms with E-state index in [1.807, 2.05) is 65.6 Å². The number of benzene rings is 3. The van der Waals surface area contributed by atoms with E-state index in [1.54, 1.807) is 13.0 Å². The number of hydrogen-bond donors (Lipinski definition) is 1. The van der Waals surface area contributed by atoms with E-state index in [4.69, 9.17) is 37.5 Å². The normalized spacial score (nSPS) is 19.7. The lowest BCUT2D eigenvalue weighted by Crippen LogP contribution is -2.47. The molecule has 0 aromatic heterocycles. The predicted molar refractivity (Wildman–Crippen MR) is 144 cm³/mol. The van der Waals surface area contributed by atoms with Crippen molar-refractivity contribution in [3.63, 3.8) is 0 Å². The van der Waals surface area contributed by atoms with Crippen LogP contribution in [0.1, 0.15) is 71.8 Å². The molecule has 0 radical (unpaired) electrons. The summed E-state index contributed by atoms with van der Waals surface area (Å²) in [6.07, 6.45) is 2.85. The number of rotatable bonds is 8. The van der Waals surface area contributed by atoms with Gasteiger partial charge in [-0.3, -0.25) is 9.69 Å². The van der Waals surface area contributed by atoms with E-state index in [-0.39, 0.29) is 17.5 Å². The molecule has 1 heterocycles. The summed E-state index contributed by atoms with van der Waals surface area (Å²) in [6.45, 7) is 4.79. The molecule has 5 rings (SSSR count). The summed E-state index contributed by atoms with van der Waals surface area (Å²) < 4.78 is 6.91. The molecule has 1 unspecified atom stereocenters. The van der Waals surface area contributed by atoms with Gasteiger partial charge in [-0.05, 0) is 73.1 Å². The standard InChI is InChI=1S/C29H29Cl2NO3.CO2/c1-3-28(14-15-28)18-35-29(22-7-11-24(31)12-8-22)26-13-6-21(19(2)33)16-25(26)27(34)32(29)17-20-4-9-23(30)10-5-20;2-1-3/h4-13,16,19,33H,3,14-15,17-18H2,1-2H3;/t19?,29-;/m1./s1. The molecule has 6 nitrogen and oxygen atoms in total. The van der Waals surface area contributed by atoms with Crippen LogP contribution in [0.2, 0.25) is 10.0 Å². The van der Waals surface area contributed by atoms with Gasteiger partial charge in [0.2, 0.25) is 0 Å². The lowest BCUT2D eigenvalue weighted by Gasteiger charge is -2.40. The summed E-state index contributed by atoms with van der Waals surface area (Å²) >= 11 is 12.4. The maximum absolute atomic E-state index is 14.0. The van der Waals surface area contributed by atoms with Crippen molar-refractivity contribution >= 4 is 35.3 Å². The molecule has 1 saturated carbocycles. The van der Waals surface area contributed by atoms with E-state index in [0.29, 0.717) is 34.3 Å². The third-order valence-corrected chi connectivity index (χ3v) is 8.03. The van der Waals surface area contributed by atoms with E-state index >= 15 is 0 Å². The van der Waals surface area contributed by atoms with Crippen LogP contribution in [-0.2, 0) is 26.6 Å². The Hall–Kier alpha value is -2.99. The highest BCUT2D eigenvalue weighted by Crippen LogP contribution is 2.53. The largest absolute Gasteiger partial charge is 0.389 e. The van der Waals surface area contributed by atoms with Crippen LogP contribution in [0.5, 0.6) is 0 Å². The highest BCUT2D eigenvalue weighted by Gasteiger charge is 2.54. The highest BCUT2D eigenvalue weighted by molar-refractivity contribution is 6.30. The van der Waals surface area contributed by atoms with Crippen molar-refractivity contribution in [2.75, 3.05) is 6.61 Å². The molecule has 0 saturated heterocycles. The Morgan fingerprint density at radius 3 is 2.11 bits per heavy atom. The van der Waals surface area contributed by atoms with Crippen molar-refractivity contribution in [3.8, 4) is 0 Å². The molecule has 0 spiro atoms. The molecule has 3 aromatic rings. The second kappa shape index (κ2) is 11.4. The van der Waals surface area contributed by atoms with Gasteiger partial charge in [0.05, 0.1) is 12.7 Å². The van der Waals surface area contributed by atoms with E-state index in [0.717, 1.165) is 36.0 Å². The Labute approximate surface area is 232 Å². The first-order valence-electron chi connectivity index (χ1n) is 12.5. The van der Waals surface area contributed by atoms with E-state index in [1.165, 1.54) is 0 Å². The minimum absolute atomic E-state index is 0.131. The zero-order valence-electron chi connectivity index (χ0n) is 21.2. The number of aliphatic hydroxyl groups is 1. The van der Waals surface area contributed by atoms with Crippen LogP contribution < -0.4 is 0 Å². The fourth-order valence-corrected chi connectivity index (χ4v) is 5.20. The van der Waals surface area contributed by atoms with Gasteiger partial charge in [0.15, 0.2) is 5.72 Å². The van der Waals surface area contributed by atoms with Gasteiger partial charge in [0.25, 0.3) is 5.91 Å². The fourth-order valence-electron chi connectivity index (χ4n) is 4.94. The maximum atomic E-state index is 14.0. The molecule has 3 aromatic carbocycles. The SMILES string of the molecule is CCC1(CO[C@]2(c3ccc(Cl)cc3)c3ccc(C(C)O)cc3C(=O)N2Cc2ccc(Cl)cc2)CC1.O=C=O. The zero-order chi connectivity index (χ0) is 27.5. The molecule has 0 bridgehead atoms. The fraction of sp³-hybridized carbons (Fsp3) is 0.333. The Kier molecular flexibility index (Phi) is 8.41. The van der Waals surface area contributed by atoms with Gasteiger partial charge < -0.3 is 9.84 Å². The molecule has 1 fully saturated rings. The summed E-state index contributed by atoms with van der Waals surface area (Å²) in [7, 11) is 0. The average Bonchev–Trinajstić information content (AvgIpc) is 3.66. The third kappa shape index (κ3) is 5.42. The van der Waals surface area contributed by atoms with Crippen molar-refractivity contribution in [2.45, 2.75) is 51.5 Å². The Morgan fingerprint density at radius 2 is 1.58 bits per heavy atom. The Bertz CT molecular complexity index is 1330. The molecule has 2 aliphatic rings. The number of hydrogen-bond acceptors (Lipinski definition) is 5. The highest BCUT2D eigenvalue weighted by atomic mass is 35.5. The summed E-state index contributed by atoms with van der Waals surface area (Å²) in [5.74, 6) is -0.131. The smallest absolute Gasteiger partial charge is 0.373 e. The lowest BCUT2D eigenvalue weighted by atomic mass is 9.91. The van der Waals surface area contributed by atoms with Crippen LogP contribution >= 0.6 is 23.2 Å². The van der Waals surface area contributed by atoms with Gasteiger partial charge in [-0.2, -0.15) is 9.59 Å². The van der Waals surface area contributed by atoms with Gasteiger partial charge in [-0.15, -0.1) is 0 Å². The molecule has 1 aliphatic heterocycles. The topological polar surface area (TPSA) is 83.9 Å². The van der Waals surface area contributed by atoms with Crippen molar-refractivity contribution < 1.29 is 24.2 Å². The van der Waals surface area contributed by atoms with Gasteiger partial charge >= 0.3 is 6.15 Å².